The summed E-state index contributed by atoms with van der Waals surface area (Å²) >= 11 is 0. The first kappa shape index (κ1) is 20.2. The first-order valence-corrected chi connectivity index (χ1v) is 10.8. The van der Waals surface area contributed by atoms with E-state index in [-0.39, 0.29) is 30.1 Å². The van der Waals surface area contributed by atoms with E-state index < -0.39 is 21.5 Å². The zero-order valence-electron chi connectivity index (χ0n) is 16.0. The van der Waals surface area contributed by atoms with Crippen LogP contribution < -0.4 is 10.9 Å². The van der Waals surface area contributed by atoms with Crippen molar-refractivity contribution in [1.29, 1.82) is 0 Å². The summed E-state index contributed by atoms with van der Waals surface area (Å²) in [5.41, 5.74) is 0.847. The van der Waals surface area contributed by atoms with Gasteiger partial charge in [-0.3, -0.25) is 14.6 Å². The molecule has 2 N–H and O–H groups in total. The van der Waals surface area contributed by atoms with Crippen molar-refractivity contribution in [3.63, 3.8) is 0 Å². The predicted molar refractivity (Wildman–Crippen MR) is 110 cm³/mol. The van der Waals surface area contributed by atoms with Gasteiger partial charge in [0.25, 0.3) is 5.91 Å². The minimum atomic E-state index is -3.74. The maximum atomic E-state index is 13.0. The summed E-state index contributed by atoms with van der Waals surface area (Å²) < 4.78 is 32.5. The van der Waals surface area contributed by atoms with Gasteiger partial charge in [-0.15, -0.1) is 0 Å². The summed E-state index contributed by atoms with van der Waals surface area (Å²) in [4.78, 5) is 31.5. The maximum Gasteiger partial charge on any atom is 0.252 e. The second kappa shape index (κ2) is 8.34. The highest BCUT2D eigenvalue weighted by atomic mass is 32.2. The molecule has 3 aromatic rings. The molecule has 1 fully saturated rings. The molecule has 30 heavy (non-hydrogen) atoms. The number of hydrogen-bond donors (Lipinski definition) is 2. The standard InChI is InChI=1S/C20H20N4O5S/c25-19-11-17(20(26)22-13-14-2-1-5-21-12-14)16-10-15(3-4-18(16)23-19)30(27,28)24-6-8-29-9-7-24/h1-5,10-12H,6-9,13H2,(H,22,26)(H,23,25). The van der Waals surface area contributed by atoms with Crippen LogP contribution in [0.4, 0.5) is 0 Å². The van der Waals surface area contributed by atoms with Crippen LogP contribution in [0.25, 0.3) is 10.9 Å². The fourth-order valence-electron chi connectivity index (χ4n) is 3.30. The van der Waals surface area contributed by atoms with Crippen LogP contribution in [0.15, 0.2) is 58.5 Å². The molecule has 0 aliphatic carbocycles. The summed E-state index contributed by atoms with van der Waals surface area (Å²) in [6.07, 6.45) is 3.26. The van der Waals surface area contributed by atoms with Gasteiger partial charge in [-0.25, -0.2) is 8.42 Å². The first-order chi connectivity index (χ1) is 14.4. The van der Waals surface area contributed by atoms with Crippen molar-refractivity contribution >= 4 is 26.8 Å². The number of carbonyl (C=O) groups is 1. The van der Waals surface area contributed by atoms with Crippen molar-refractivity contribution in [2.24, 2.45) is 0 Å². The van der Waals surface area contributed by atoms with Crippen LogP contribution in [-0.2, 0) is 21.3 Å². The number of nitrogens with one attached hydrogen (secondary N) is 2. The van der Waals surface area contributed by atoms with E-state index in [1.807, 2.05) is 6.07 Å². The summed E-state index contributed by atoms with van der Waals surface area (Å²) in [6.45, 7) is 1.44. The molecule has 3 heterocycles. The molecular weight excluding hydrogens is 408 g/mol. The van der Waals surface area contributed by atoms with Gasteiger partial charge < -0.3 is 15.0 Å². The Balaban J connectivity index is 1.69. The average molecular weight is 428 g/mol. The normalized spacial score (nSPS) is 15.2. The highest BCUT2D eigenvalue weighted by molar-refractivity contribution is 7.89. The van der Waals surface area contributed by atoms with Crippen molar-refractivity contribution in [2.45, 2.75) is 11.4 Å². The van der Waals surface area contributed by atoms with Crippen molar-refractivity contribution in [2.75, 3.05) is 26.3 Å². The third kappa shape index (κ3) is 4.11. The molecule has 2 aromatic heterocycles. The Labute approximate surface area is 172 Å². The van der Waals surface area contributed by atoms with E-state index in [2.05, 4.69) is 15.3 Å². The molecule has 0 unspecified atom stereocenters. The number of sulfonamides is 1. The molecule has 4 rings (SSSR count). The van der Waals surface area contributed by atoms with E-state index in [1.54, 1.807) is 18.5 Å². The lowest BCUT2D eigenvalue weighted by Crippen LogP contribution is -2.40. The lowest BCUT2D eigenvalue weighted by atomic mass is 10.1. The second-order valence-electron chi connectivity index (χ2n) is 6.82. The van der Waals surface area contributed by atoms with Gasteiger partial charge in [0, 0.05) is 49.0 Å². The van der Waals surface area contributed by atoms with Crippen LogP contribution in [0.1, 0.15) is 15.9 Å². The highest BCUT2D eigenvalue weighted by Crippen LogP contribution is 2.23. The number of H-pyrrole nitrogens is 1. The van der Waals surface area contributed by atoms with Gasteiger partial charge >= 0.3 is 0 Å². The molecule has 1 aliphatic rings. The van der Waals surface area contributed by atoms with Crippen LogP contribution in [-0.4, -0.2) is 54.9 Å². The Morgan fingerprint density at radius 2 is 2.00 bits per heavy atom. The van der Waals surface area contributed by atoms with Crippen LogP contribution in [0.3, 0.4) is 0 Å². The monoisotopic (exact) mass is 428 g/mol. The van der Waals surface area contributed by atoms with Crippen molar-refractivity contribution in [3.8, 4) is 0 Å². The number of morpholine rings is 1. The number of nitrogens with zero attached hydrogens (tertiary/aromatic N) is 2. The second-order valence-corrected chi connectivity index (χ2v) is 8.75. The van der Waals surface area contributed by atoms with E-state index in [0.717, 1.165) is 5.56 Å². The molecule has 1 saturated heterocycles. The number of aromatic amines is 1. The summed E-state index contributed by atoms with van der Waals surface area (Å²) in [5, 5.41) is 3.10. The van der Waals surface area contributed by atoms with E-state index in [9.17, 15) is 18.0 Å². The number of aromatic nitrogens is 2. The molecule has 1 amide bonds. The Morgan fingerprint density at radius 1 is 1.20 bits per heavy atom. The molecular formula is C20H20N4O5S. The number of hydrogen-bond acceptors (Lipinski definition) is 6. The van der Waals surface area contributed by atoms with E-state index in [0.29, 0.717) is 24.1 Å². The van der Waals surface area contributed by atoms with Crippen LogP contribution >= 0.6 is 0 Å². The van der Waals surface area contributed by atoms with E-state index in [4.69, 9.17) is 4.74 Å². The Kier molecular flexibility index (Phi) is 5.62. The van der Waals surface area contributed by atoms with E-state index >= 15 is 0 Å². The number of pyridine rings is 2. The van der Waals surface area contributed by atoms with Gasteiger partial charge in [-0.1, -0.05) is 6.07 Å². The van der Waals surface area contributed by atoms with Crippen molar-refractivity contribution in [3.05, 3.63) is 70.3 Å². The lowest BCUT2D eigenvalue weighted by Gasteiger charge is -2.26. The molecule has 0 radical (unpaired) electrons. The molecule has 10 heteroatoms. The number of benzene rings is 1. The van der Waals surface area contributed by atoms with Crippen LogP contribution in [0, 0.1) is 0 Å². The minimum absolute atomic E-state index is 0.0604. The summed E-state index contributed by atoms with van der Waals surface area (Å²) in [5.74, 6) is -0.476. The highest BCUT2D eigenvalue weighted by Gasteiger charge is 2.27. The van der Waals surface area contributed by atoms with Crippen molar-refractivity contribution < 1.29 is 17.9 Å². The zero-order chi connectivity index (χ0) is 21.1. The molecule has 1 aliphatic heterocycles. The van der Waals surface area contributed by atoms with Gasteiger partial charge in [0.05, 0.1) is 23.7 Å². The molecule has 9 nitrogen and oxygen atoms in total. The Hall–Kier alpha value is -3.08. The smallest absolute Gasteiger partial charge is 0.252 e. The molecule has 156 valence electrons. The summed E-state index contributed by atoms with van der Waals surface area (Å²) in [6, 6.07) is 9.10. The first-order valence-electron chi connectivity index (χ1n) is 9.37. The van der Waals surface area contributed by atoms with Gasteiger partial charge in [0.15, 0.2) is 0 Å². The molecule has 1 aromatic carbocycles. The number of rotatable bonds is 5. The number of carbonyl (C=O) groups excluding carboxylic acids is 1. The predicted octanol–water partition coefficient (Wildman–Crippen LogP) is 0.874. The number of ether oxygens (including phenoxy) is 1. The molecule has 0 bridgehead atoms. The van der Waals surface area contributed by atoms with Crippen LogP contribution in [0.2, 0.25) is 0 Å². The third-order valence-corrected chi connectivity index (χ3v) is 6.74. The number of amides is 1. The summed E-state index contributed by atoms with van der Waals surface area (Å²) in [7, 11) is -3.74. The number of fused-ring (bicyclic) bond motifs is 1. The SMILES string of the molecule is O=C(NCc1cccnc1)c1cc(=O)[nH]c2ccc(S(=O)(=O)N3CCOCC3)cc12. The fourth-order valence-corrected chi connectivity index (χ4v) is 4.73. The Bertz CT molecular complexity index is 1240. The molecule has 0 atom stereocenters. The van der Waals surface area contributed by atoms with Gasteiger partial charge in [0.2, 0.25) is 15.6 Å². The lowest BCUT2D eigenvalue weighted by molar-refractivity contribution is 0.0730. The van der Waals surface area contributed by atoms with Crippen LogP contribution in [0.5, 0.6) is 0 Å². The Morgan fingerprint density at radius 3 is 2.73 bits per heavy atom. The topological polar surface area (TPSA) is 121 Å². The van der Waals surface area contributed by atoms with Gasteiger partial charge in [-0.05, 0) is 29.8 Å². The average Bonchev–Trinajstić information content (AvgIpc) is 2.77. The zero-order valence-corrected chi connectivity index (χ0v) is 16.8. The molecule has 0 saturated carbocycles. The largest absolute Gasteiger partial charge is 0.379 e. The minimum Gasteiger partial charge on any atom is -0.379 e. The van der Waals surface area contributed by atoms with Crippen molar-refractivity contribution in [1.82, 2.24) is 19.6 Å². The third-order valence-electron chi connectivity index (χ3n) is 4.84. The quantitative estimate of drug-likeness (QED) is 0.622. The molecule has 0 spiro atoms. The fraction of sp³-hybridized carbons (Fsp3) is 0.250. The van der Waals surface area contributed by atoms with Gasteiger partial charge in [0.1, 0.15) is 0 Å². The van der Waals surface area contributed by atoms with Gasteiger partial charge in [-0.2, -0.15) is 4.31 Å². The van der Waals surface area contributed by atoms with E-state index in [1.165, 1.54) is 28.6 Å². The maximum absolute atomic E-state index is 13.0.